The summed E-state index contributed by atoms with van der Waals surface area (Å²) in [6, 6.07) is 0. The van der Waals surface area contributed by atoms with Crippen molar-refractivity contribution in [1.82, 2.24) is 5.32 Å². The van der Waals surface area contributed by atoms with Crippen molar-refractivity contribution in [3.8, 4) is 0 Å². The van der Waals surface area contributed by atoms with Crippen molar-refractivity contribution in [2.75, 3.05) is 13.1 Å². The molecule has 0 aromatic carbocycles. The molecule has 0 spiro atoms. The van der Waals surface area contributed by atoms with Crippen LogP contribution in [-0.2, 0) is 4.74 Å². The second-order valence-electron chi connectivity index (χ2n) is 5.10. The molecule has 1 aliphatic rings. The number of hydrogen-bond donors (Lipinski definition) is 1. The number of nitrogens with zero attached hydrogens (tertiary/aromatic N) is 1. The maximum Gasteiger partial charge on any atom is 0.434 e. The number of piperidine rings is 1. The Morgan fingerprint density at radius 1 is 1.53 bits per heavy atom. The Morgan fingerprint density at radius 3 is 2.73 bits per heavy atom. The number of amides is 1. The predicted octanol–water partition coefficient (Wildman–Crippen LogP) is 1.99. The second-order valence-corrected chi connectivity index (χ2v) is 5.10. The summed E-state index contributed by atoms with van der Waals surface area (Å²) >= 11 is 0. The molecule has 0 aromatic rings. The molecule has 4 nitrogen and oxygen atoms in total. The number of aliphatic imine (C=N–C) groups is 1. The fourth-order valence-electron chi connectivity index (χ4n) is 1.51. The molecular formula is C11H20N2O2. The van der Waals surface area contributed by atoms with Crippen LogP contribution >= 0.6 is 0 Å². The summed E-state index contributed by atoms with van der Waals surface area (Å²) in [4.78, 5) is 15.4. The van der Waals surface area contributed by atoms with Crippen LogP contribution in [0.25, 0.3) is 0 Å². The molecule has 15 heavy (non-hydrogen) atoms. The lowest BCUT2D eigenvalue weighted by molar-refractivity contribution is 0.0603. The summed E-state index contributed by atoms with van der Waals surface area (Å²) < 4.78 is 5.12. The molecule has 0 saturated carbocycles. The van der Waals surface area contributed by atoms with Crippen molar-refractivity contribution in [3.05, 3.63) is 0 Å². The fraction of sp³-hybridized carbons (Fsp3) is 0.818. The van der Waals surface area contributed by atoms with Gasteiger partial charge in [-0.3, -0.25) is 0 Å². The molecule has 0 bridgehead atoms. The second kappa shape index (κ2) is 4.75. The maximum absolute atomic E-state index is 11.4. The van der Waals surface area contributed by atoms with Crippen molar-refractivity contribution in [2.45, 2.75) is 39.7 Å². The summed E-state index contributed by atoms with van der Waals surface area (Å²) in [6.45, 7) is 9.35. The number of rotatable bonds is 0. The first kappa shape index (κ1) is 12.2. The highest BCUT2D eigenvalue weighted by atomic mass is 16.6. The molecule has 1 amide bonds. The van der Waals surface area contributed by atoms with E-state index in [0.29, 0.717) is 12.5 Å². The van der Waals surface area contributed by atoms with E-state index < -0.39 is 11.7 Å². The van der Waals surface area contributed by atoms with E-state index in [0.717, 1.165) is 18.7 Å². The van der Waals surface area contributed by atoms with Crippen LogP contribution in [0.15, 0.2) is 4.99 Å². The summed E-state index contributed by atoms with van der Waals surface area (Å²) in [5, 5.41) is 3.21. The van der Waals surface area contributed by atoms with Gasteiger partial charge in [0.2, 0.25) is 0 Å². The SMILES string of the molecule is C[C@@H]1CNC/C(=N/C(=O)OC(C)(C)C)C1. The van der Waals surface area contributed by atoms with E-state index in [1.807, 2.05) is 20.8 Å². The molecule has 4 heteroatoms. The van der Waals surface area contributed by atoms with Crippen LogP contribution in [-0.4, -0.2) is 30.5 Å². The molecule has 0 aliphatic carbocycles. The van der Waals surface area contributed by atoms with E-state index in [1.165, 1.54) is 0 Å². The van der Waals surface area contributed by atoms with Gasteiger partial charge in [0, 0.05) is 12.3 Å². The monoisotopic (exact) mass is 212 g/mol. The summed E-state index contributed by atoms with van der Waals surface area (Å²) in [7, 11) is 0. The van der Waals surface area contributed by atoms with Gasteiger partial charge < -0.3 is 10.1 Å². The largest absolute Gasteiger partial charge is 0.442 e. The number of carbonyl (C=O) groups excluding carboxylic acids is 1. The van der Waals surface area contributed by atoms with Crippen molar-refractivity contribution in [2.24, 2.45) is 10.9 Å². The van der Waals surface area contributed by atoms with Gasteiger partial charge in [0.1, 0.15) is 5.60 Å². The molecule has 1 N–H and O–H groups in total. The Kier molecular flexibility index (Phi) is 3.85. The van der Waals surface area contributed by atoms with Gasteiger partial charge in [0.05, 0.1) is 0 Å². The normalized spacial score (nSPS) is 25.3. The number of hydrogen-bond acceptors (Lipinski definition) is 3. The minimum atomic E-state index is -0.478. The molecular weight excluding hydrogens is 192 g/mol. The first-order valence-electron chi connectivity index (χ1n) is 5.37. The van der Waals surface area contributed by atoms with E-state index in [1.54, 1.807) is 0 Å². The minimum absolute atomic E-state index is 0.463. The highest BCUT2D eigenvalue weighted by Crippen LogP contribution is 2.11. The Morgan fingerprint density at radius 2 is 2.20 bits per heavy atom. The molecule has 0 unspecified atom stereocenters. The third kappa shape index (κ3) is 4.93. The lowest BCUT2D eigenvalue weighted by Gasteiger charge is -2.21. The van der Waals surface area contributed by atoms with E-state index in [2.05, 4.69) is 17.2 Å². The maximum atomic E-state index is 11.4. The number of carbonyl (C=O) groups is 1. The summed E-state index contributed by atoms with van der Waals surface area (Å²) in [5.41, 5.74) is 0.428. The van der Waals surface area contributed by atoms with Gasteiger partial charge >= 0.3 is 6.09 Å². The van der Waals surface area contributed by atoms with Crippen LogP contribution in [0.5, 0.6) is 0 Å². The van der Waals surface area contributed by atoms with Crippen LogP contribution in [0.2, 0.25) is 0 Å². The van der Waals surface area contributed by atoms with Crippen LogP contribution in [0.3, 0.4) is 0 Å². The molecule has 0 radical (unpaired) electrons. The fourth-order valence-corrected chi connectivity index (χ4v) is 1.51. The third-order valence-electron chi connectivity index (χ3n) is 2.05. The van der Waals surface area contributed by atoms with E-state index >= 15 is 0 Å². The van der Waals surface area contributed by atoms with Crippen LogP contribution < -0.4 is 5.32 Å². The van der Waals surface area contributed by atoms with Crippen molar-refractivity contribution < 1.29 is 9.53 Å². The lowest BCUT2D eigenvalue weighted by Crippen LogP contribution is -2.36. The molecule has 1 aliphatic heterocycles. The first-order valence-corrected chi connectivity index (χ1v) is 5.37. The van der Waals surface area contributed by atoms with Gasteiger partial charge in [0.15, 0.2) is 0 Å². The third-order valence-corrected chi connectivity index (χ3v) is 2.05. The average Bonchev–Trinajstić information content (AvgIpc) is 1.99. The Hall–Kier alpha value is -0.900. The Balaban J connectivity index is 2.51. The minimum Gasteiger partial charge on any atom is -0.442 e. The van der Waals surface area contributed by atoms with E-state index in [4.69, 9.17) is 4.74 Å². The van der Waals surface area contributed by atoms with Crippen LogP contribution in [0.4, 0.5) is 4.79 Å². The summed E-state index contributed by atoms with van der Waals surface area (Å²) in [5.74, 6) is 0.542. The molecule has 1 atom stereocenters. The molecule has 1 saturated heterocycles. The average molecular weight is 212 g/mol. The molecule has 0 aromatic heterocycles. The highest BCUT2D eigenvalue weighted by molar-refractivity contribution is 5.95. The molecule has 86 valence electrons. The predicted molar refractivity (Wildman–Crippen MR) is 60.3 cm³/mol. The van der Waals surface area contributed by atoms with E-state index in [-0.39, 0.29) is 0 Å². The van der Waals surface area contributed by atoms with Gasteiger partial charge in [-0.05, 0) is 39.7 Å². The van der Waals surface area contributed by atoms with Gasteiger partial charge in [-0.1, -0.05) is 6.92 Å². The van der Waals surface area contributed by atoms with Gasteiger partial charge in [-0.25, -0.2) is 4.79 Å². The van der Waals surface area contributed by atoms with Crippen molar-refractivity contribution >= 4 is 11.8 Å². The molecule has 1 heterocycles. The van der Waals surface area contributed by atoms with Gasteiger partial charge in [-0.2, -0.15) is 4.99 Å². The van der Waals surface area contributed by atoms with Gasteiger partial charge in [-0.15, -0.1) is 0 Å². The number of nitrogens with one attached hydrogen (secondary N) is 1. The van der Waals surface area contributed by atoms with Crippen molar-refractivity contribution in [3.63, 3.8) is 0 Å². The van der Waals surface area contributed by atoms with Crippen molar-refractivity contribution in [1.29, 1.82) is 0 Å². The zero-order valence-corrected chi connectivity index (χ0v) is 9.96. The zero-order valence-electron chi connectivity index (χ0n) is 9.96. The zero-order chi connectivity index (χ0) is 11.5. The standard InChI is InChI=1S/C11H20N2O2/c1-8-5-9(7-12-6-8)13-10(14)15-11(2,3)4/h8,12H,5-7H2,1-4H3/b13-9+/t8-/m0/s1. The highest BCUT2D eigenvalue weighted by Gasteiger charge is 2.18. The Labute approximate surface area is 91.1 Å². The first-order chi connectivity index (χ1) is 6.87. The van der Waals surface area contributed by atoms with E-state index in [9.17, 15) is 4.79 Å². The lowest BCUT2D eigenvalue weighted by atomic mass is 10.0. The van der Waals surface area contributed by atoms with Crippen LogP contribution in [0.1, 0.15) is 34.1 Å². The quantitative estimate of drug-likeness (QED) is 0.668. The summed E-state index contributed by atoms with van der Waals surface area (Å²) in [6.07, 6.45) is 0.403. The smallest absolute Gasteiger partial charge is 0.434 e. The number of ether oxygens (including phenoxy) is 1. The topological polar surface area (TPSA) is 50.7 Å². The van der Waals surface area contributed by atoms with Crippen LogP contribution in [0, 0.1) is 5.92 Å². The molecule has 1 rings (SSSR count). The Bertz CT molecular complexity index is 266. The molecule has 1 fully saturated rings. The van der Waals surface area contributed by atoms with Gasteiger partial charge in [0.25, 0.3) is 0 Å².